The van der Waals surface area contributed by atoms with Crippen LogP contribution in [0.15, 0.2) is 76.6 Å². The van der Waals surface area contributed by atoms with Gasteiger partial charge in [0.25, 0.3) is 5.91 Å². The van der Waals surface area contributed by atoms with Crippen molar-refractivity contribution in [2.24, 2.45) is 0 Å². The van der Waals surface area contributed by atoms with Crippen molar-refractivity contribution in [3.8, 4) is 0 Å². The Morgan fingerprint density at radius 3 is 2.28 bits per heavy atom. The van der Waals surface area contributed by atoms with Gasteiger partial charge >= 0.3 is 11.9 Å². The van der Waals surface area contributed by atoms with E-state index < -0.39 is 11.9 Å². The fourth-order valence-corrected chi connectivity index (χ4v) is 5.06. The first kappa shape index (κ1) is 27.0. The predicted octanol–water partition coefficient (Wildman–Crippen LogP) is 4.40. The summed E-state index contributed by atoms with van der Waals surface area (Å²) in [6.45, 7) is 8.06. The van der Waals surface area contributed by atoms with Crippen molar-refractivity contribution >= 4 is 41.0 Å². The van der Waals surface area contributed by atoms with E-state index in [9.17, 15) is 14.4 Å². The van der Waals surface area contributed by atoms with Crippen molar-refractivity contribution in [3.63, 3.8) is 0 Å². The van der Waals surface area contributed by atoms with Crippen molar-refractivity contribution in [2.45, 2.75) is 36.1 Å². The first-order valence-corrected chi connectivity index (χ1v) is 12.6. The number of carboxylic acids is 2. The molecule has 3 N–H and O–H groups in total. The van der Waals surface area contributed by atoms with Crippen LogP contribution >= 0.6 is 11.8 Å². The van der Waals surface area contributed by atoms with Gasteiger partial charge in [-0.2, -0.15) is 0 Å². The van der Waals surface area contributed by atoms with Gasteiger partial charge in [0.05, 0.1) is 11.4 Å². The minimum absolute atomic E-state index is 0.00449. The van der Waals surface area contributed by atoms with Gasteiger partial charge in [-0.25, -0.2) is 9.59 Å². The van der Waals surface area contributed by atoms with Crippen molar-refractivity contribution in [3.05, 3.63) is 72.3 Å². The summed E-state index contributed by atoms with van der Waals surface area (Å²) >= 11 is 1.79. The molecule has 8 nitrogen and oxygen atoms in total. The SMILES string of the molecule is CCCNC(=O)c1ccc2c(c1)N(C(C)CN1CC=CC1)c1ccccc1S2.O=C(O)/C=C/C(=O)O. The molecule has 1 amide bonds. The van der Waals surface area contributed by atoms with Crippen LogP contribution in [0.2, 0.25) is 0 Å². The second kappa shape index (κ2) is 12.9. The predicted molar refractivity (Wildman–Crippen MR) is 141 cm³/mol. The van der Waals surface area contributed by atoms with Gasteiger partial charge in [-0.1, -0.05) is 43.0 Å². The van der Waals surface area contributed by atoms with Crippen LogP contribution in [0.5, 0.6) is 0 Å². The van der Waals surface area contributed by atoms with E-state index in [1.807, 2.05) is 6.07 Å². The third kappa shape index (κ3) is 7.22. The first-order valence-electron chi connectivity index (χ1n) is 11.8. The highest BCUT2D eigenvalue weighted by Gasteiger charge is 2.29. The number of rotatable bonds is 8. The maximum absolute atomic E-state index is 12.5. The van der Waals surface area contributed by atoms with Crippen LogP contribution < -0.4 is 10.2 Å². The number of fused-ring (bicyclic) bond motifs is 2. The van der Waals surface area contributed by atoms with E-state index in [0.717, 1.165) is 37.3 Å². The molecule has 1 atom stereocenters. The smallest absolute Gasteiger partial charge is 0.328 e. The average molecular weight is 510 g/mol. The molecular formula is C27H31N3O5S. The lowest BCUT2D eigenvalue weighted by atomic mass is 10.1. The Kier molecular flexibility index (Phi) is 9.72. The van der Waals surface area contributed by atoms with E-state index in [1.165, 1.54) is 15.5 Å². The minimum Gasteiger partial charge on any atom is -0.478 e. The zero-order chi connectivity index (χ0) is 26.1. The highest BCUT2D eigenvalue weighted by Crippen LogP contribution is 2.49. The molecule has 9 heteroatoms. The summed E-state index contributed by atoms with van der Waals surface area (Å²) in [6, 6.07) is 15.0. The Morgan fingerprint density at radius 1 is 1.00 bits per heavy atom. The minimum atomic E-state index is -1.26. The number of amides is 1. The number of hydrogen-bond acceptors (Lipinski definition) is 6. The molecule has 0 radical (unpaired) electrons. The van der Waals surface area contributed by atoms with Gasteiger partial charge in [0.1, 0.15) is 0 Å². The number of nitrogens with one attached hydrogen (secondary N) is 1. The summed E-state index contributed by atoms with van der Waals surface area (Å²) in [5, 5.41) is 18.6. The maximum atomic E-state index is 12.5. The standard InChI is InChI=1S/C23H27N3OS.C4H4O4/c1-3-12-24-23(27)18-10-11-22-20(15-18)26(17(2)16-25-13-6-7-14-25)19-8-4-5-9-21(19)28-22;5-3(6)1-2-4(7)8/h4-11,15,17H,3,12-14,16H2,1-2H3,(H,24,27);1-2H,(H,5,6)(H,7,8)/b;2-1+. The largest absolute Gasteiger partial charge is 0.478 e. The number of carbonyl (C=O) groups excluding carboxylic acids is 1. The van der Waals surface area contributed by atoms with E-state index in [1.54, 1.807) is 11.8 Å². The Morgan fingerprint density at radius 2 is 1.64 bits per heavy atom. The maximum Gasteiger partial charge on any atom is 0.328 e. The van der Waals surface area contributed by atoms with Crippen LogP contribution in [0, 0.1) is 0 Å². The molecule has 190 valence electrons. The van der Waals surface area contributed by atoms with Crippen molar-refractivity contribution < 1.29 is 24.6 Å². The molecule has 0 saturated heterocycles. The van der Waals surface area contributed by atoms with Gasteiger partial charge in [-0.05, 0) is 43.7 Å². The van der Waals surface area contributed by atoms with Crippen LogP contribution in [0.3, 0.4) is 0 Å². The van der Waals surface area contributed by atoms with E-state index in [0.29, 0.717) is 24.7 Å². The number of nitrogens with zero attached hydrogens (tertiary/aromatic N) is 2. The average Bonchev–Trinajstić information content (AvgIpc) is 3.37. The van der Waals surface area contributed by atoms with E-state index in [-0.39, 0.29) is 5.91 Å². The highest BCUT2D eigenvalue weighted by molar-refractivity contribution is 7.99. The number of benzene rings is 2. The zero-order valence-corrected chi connectivity index (χ0v) is 21.2. The van der Waals surface area contributed by atoms with Gasteiger partial charge in [0.2, 0.25) is 0 Å². The molecule has 4 rings (SSSR count). The third-order valence-corrected chi connectivity index (χ3v) is 6.72. The highest BCUT2D eigenvalue weighted by atomic mass is 32.2. The molecule has 1 unspecified atom stereocenters. The molecule has 2 heterocycles. The molecule has 0 fully saturated rings. The van der Waals surface area contributed by atoms with Crippen LogP contribution in [-0.2, 0) is 9.59 Å². The summed E-state index contributed by atoms with van der Waals surface area (Å²) in [6.07, 6.45) is 6.52. The number of aliphatic carboxylic acids is 2. The van der Waals surface area contributed by atoms with E-state index in [4.69, 9.17) is 10.2 Å². The van der Waals surface area contributed by atoms with Crippen molar-refractivity contribution in [2.75, 3.05) is 31.1 Å². The molecule has 2 aromatic rings. The van der Waals surface area contributed by atoms with Crippen molar-refractivity contribution in [1.82, 2.24) is 10.2 Å². The molecule has 2 aliphatic heterocycles. The lowest BCUT2D eigenvalue weighted by Crippen LogP contribution is -2.40. The van der Waals surface area contributed by atoms with E-state index >= 15 is 0 Å². The molecule has 2 aromatic carbocycles. The monoisotopic (exact) mass is 509 g/mol. The molecule has 0 saturated carbocycles. The number of carbonyl (C=O) groups is 3. The molecular weight excluding hydrogens is 478 g/mol. The van der Waals surface area contributed by atoms with E-state index in [2.05, 4.69) is 77.5 Å². The summed E-state index contributed by atoms with van der Waals surface area (Å²) in [7, 11) is 0. The Labute approximate surface area is 215 Å². The van der Waals surface area contributed by atoms with Crippen molar-refractivity contribution in [1.29, 1.82) is 0 Å². The summed E-state index contributed by atoms with van der Waals surface area (Å²) in [4.78, 5) is 39.0. The Hall–Kier alpha value is -3.56. The van der Waals surface area contributed by atoms with Crippen LogP contribution in [0.1, 0.15) is 30.6 Å². The molecule has 0 spiro atoms. The topological polar surface area (TPSA) is 110 Å². The van der Waals surface area contributed by atoms with Gasteiger partial charge in [-0.15, -0.1) is 0 Å². The lowest BCUT2D eigenvalue weighted by Gasteiger charge is -2.39. The lowest BCUT2D eigenvalue weighted by molar-refractivity contribution is -0.134. The Bertz CT molecular complexity index is 1140. The number of para-hydroxylation sites is 1. The zero-order valence-electron chi connectivity index (χ0n) is 20.4. The Balaban J connectivity index is 0.000000392. The van der Waals surface area contributed by atoms with Crippen LogP contribution in [0.25, 0.3) is 0 Å². The number of anilines is 2. The third-order valence-electron chi connectivity index (χ3n) is 5.59. The molecule has 0 aromatic heterocycles. The second-order valence-corrected chi connectivity index (χ2v) is 9.51. The van der Waals surface area contributed by atoms with Gasteiger partial charge < -0.3 is 20.4 Å². The number of hydrogen-bond donors (Lipinski definition) is 3. The fourth-order valence-electron chi connectivity index (χ4n) is 4.01. The van der Waals surface area contributed by atoms with Crippen LogP contribution in [-0.4, -0.2) is 65.2 Å². The quantitative estimate of drug-likeness (QED) is 0.355. The second-order valence-electron chi connectivity index (χ2n) is 8.43. The first-order chi connectivity index (χ1) is 17.3. The van der Waals surface area contributed by atoms with Gasteiger partial charge in [0, 0.05) is 59.7 Å². The normalized spacial score (nSPS) is 15.0. The van der Waals surface area contributed by atoms with Gasteiger partial charge in [-0.3, -0.25) is 9.69 Å². The molecule has 0 bridgehead atoms. The molecule has 0 aliphatic carbocycles. The summed E-state index contributed by atoms with van der Waals surface area (Å²) in [5.41, 5.74) is 3.09. The molecule has 36 heavy (non-hydrogen) atoms. The van der Waals surface area contributed by atoms with Gasteiger partial charge in [0.15, 0.2) is 0 Å². The summed E-state index contributed by atoms with van der Waals surface area (Å²) in [5.74, 6) is -2.51. The number of carboxylic acid groups (broad SMARTS) is 2. The summed E-state index contributed by atoms with van der Waals surface area (Å²) < 4.78 is 0. The fraction of sp³-hybridized carbons (Fsp3) is 0.296. The van der Waals surface area contributed by atoms with Crippen LogP contribution in [0.4, 0.5) is 11.4 Å². The molecule has 2 aliphatic rings.